The molecule has 0 unspecified atom stereocenters. The van der Waals surface area contributed by atoms with Gasteiger partial charge in [0, 0.05) is 17.8 Å². The zero-order valence-electron chi connectivity index (χ0n) is 13.9. The molecule has 0 aromatic heterocycles. The van der Waals surface area contributed by atoms with E-state index in [4.69, 9.17) is 4.74 Å². The molecule has 1 aromatic carbocycles. The summed E-state index contributed by atoms with van der Waals surface area (Å²) in [6.07, 6.45) is 1.37. The molecule has 0 saturated heterocycles. The summed E-state index contributed by atoms with van der Waals surface area (Å²) in [5.74, 6) is -1.02. The van der Waals surface area contributed by atoms with Gasteiger partial charge < -0.3 is 9.64 Å². The Morgan fingerprint density at radius 1 is 1.33 bits per heavy atom. The first-order chi connectivity index (χ1) is 11.3. The van der Waals surface area contributed by atoms with Crippen molar-refractivity contribution >= 4 is 23.6 Å². The highest BCUT2D eigenvalue weighted by atomic mass is 16.6. The Bertz CT molecular complexity index is 777. The monoisotopic (exact) mass is 330 g/mol. The number of amides is 1. The first kappa shape index (κ1) is 17.4. The van der Waals surface area contributed by atoms with Crippen LogP contribution in [-0.2, 0) is 14.3 Å². The van der Waals surface area contributed by atoms with Crippen molar-refractivity contribution in [3.05, 3.63) is 56.8 Å². The fraction of sp³-hybridized carbons (Fsp3) is 0.294. The van der Waals surface area contributed by atoms with E-state index in [2.05, 4.69) is 0 Å². The quantitative estimate of drug-likeness (QED) is 0.366. The lowest BCUT2D eigenvalue weighted by Crippen LogP contribution is -2.31. The van der Waals surface area contributed by atoms with Crippen molar-refractivity contribution in [2.75, 3.05) is 7.11 Å². The van der Waals surface area contributed by atoms with Gasteiger partial charge in [-0.15, -0.1) is 0 Å². The Kier molecular flexibility index (Phi) is 4.82. The molecule has 126 valence electrons. The van der Waals surface area contributed by atoms with Gasteiger partial charge in [-0.2, -0.15) is 0 Å². The van der Waals surface area contributed by atoms with Gasteiger partial charge in [-0.1, -0.05) is 12.1 Å². The molecule has 1 aromatic rings. The molecule has 0 bridgehead atoms. The van der Waals surface area contributed by atoms with E-state index in [1.165, 1.54) is 30.2 Å². The van der Waals surface area contributed by atoms with Crippen LogP contribution in [0.15, 0.2) is 41.1 Å². The van der Waals surface area contributed by atoms with Crippen LogP contribution in [0.1, 0.15) is 26.3 Å². The second-order valence-electron chi connectivity index (χ2n) is 5.59. The maximum atomic E-state index is 12.7. The number of benzene rings is 1. The minimum Gasteiger partial charge on any atom is -0.465 e. The molecule has 1 heterocycles. The van der Waals surface area contributed by atoms with E-state index in [-0.39, 0.29) is 34.3 Å². The lowest BCUT2D eigenvalue weighted by molar-refractivity contribution is -0.385. The molecule has 1 aliphatic heterocycles. The maximum absolute atomic E-state index is 12.7. The van der Waals surface area contributed by atoms with E-state index in [1.54, 1.807) is 19.1 Å². The average molecular weight is 330 g/mol. The second kappa shape index (κ2) is 6.66. The van der Waals surface area contributed by atoms with Crippen LogP contribution in [0.4, 0.5) is 5.69 Å². The zero-order valence-corrected chi connectivity index (χ0v) is 13.9. The number of rotatable bonds is 4. The number of para-hydroxylation sites is 1. The molecule has 7 heteroatoms. The zero-order chi connectivity index (χ0) is 18.0. The van der Waals surface area contributed by atoms with E-state index < -0.39 is 10.9 Å². The third-order valence-corrected chi connectivity index (χ3v) is 3.78. The van der Waals surface area contributed by atoms with Crippen LogP contribution in [0, 0.1) is 10.1 Å². The van der Waals surface area contributed by atoms with Crippen LogP contribution in [0.5, 0.6) is 0 Å². The lowest BCUT2D eigenvalue weighted by Gasteiger charge is -2.22. The van der Waals surface area contributed by atoms with Crippen molar-refractivity contribution in [3.8, 4) is 0 Å². The summed E-state index contributed by atoms with van der Waals surface area (Å²) < 4.78 is 4.78. The molecule has 0 fully saturated rings. The molecule has 0 atom stereocenters. The first-order valence-corrected chi connectivity index (χ1v) is 7.37. The van der Waals surface area contributed by atoms with Crippen molar-refractivity contribution in [3.63, 3.8) is 0 Å². The number of nitro groups is 1. The molecule has 0 spiro atoms. The molecule has 0 aliphatic carbocycles. The molecular weight excluding hydrogens is 312 g/mol. The standard InChI is InChI=1S/C17H18N2O5/c1-10(2)18-11(3)15(17(21)24-4)13(16(18)20)9-12-7-5-6-8-14(12)19(22)23/h5-10H,1-4H3/b13-9-. The predicted molar refractivity (Wildman–Crippen MR) is 87.8 cm³/mol. The molecule has 7 nitrogen and oxygen atoms in total. The number of ether oxygens (including phenoxy) is 1. The fourth-order valence-electron chi connectivity index (χ4n) is 2.75. The van der Waals surface area contributed by atoms with E-state index in [1.807, 2.05) is 13.8 Å². The first-order valence-electron chi connectivity index (χ1n) is 7.37. The minimum absolute atomic E-state index is 0.0994. The Hall–Kier alpha value is -2.96. The smallest absolute Gasteiger partial charge is 0.340 e. The van der Waals surface area contributed by atoms with Crippen molar-refractivity contribution in [1.29, 1.82) is 0 Å². The van der Waals surface area contributed by atoms with Crippen LogP contribution in [0.25, 0.3) is 6.08 Å². The van der Waals surface area contributed by atoms with E-state index in [9.17, 15) is 19.7 Å². The summed E-state index contributed by atoms with van der Waals surface area (Å²) in [6, 6.07) is 5.89. The van der Waals surface area contributed by atoms with Crippen LogP contribution < -0.4 is 0 Å². The van der Waals surface area contributed by atoms with Gasteiger partial charge in [-0.25, -0.2) is 4.79 Å². The molecule has 0 radical (unpaired) electrons. The number of carbonyl (C=O) groups is 2. The Morgan fingerprint density at radius 2 is 1.96 bits per heavy atom. The van der Waals surface area contributed by atoms with Gasteiger partial charge in [0.25, 0.3) is 11.6 Å². The molecule has 1 amide bonds. The molecule has 0 saturated carbocycles. The number of nitro benzene ring substituents is 1. The number of esters is 1. The molecule has 2 rings (SSSR count). The van der Waals surface area contributed by atoms with E-state index in [0.29, 0.717) is 5.70 Å². The van der Waals surface area contributed by atoms with Crippen molar-refractivity contribution < 1.29 is 19.2 Å². The van der Waals surface area contributed by atoms with Gasteiger partial charge in [-0.05, 0) is 32.9 Å². The minimum atomic E-state index is -0.645. The maximum Gasteiger partial charge on any atom is 0.340 e. The third-order valence-electron chi connectivity index (χ3n) is 3.78. The van der Waals surface area contributed by atoms with Crippen LogP contribution in [0.2, 0.25) is 0 Å². The second-order valence-corrected chi connectivity index (χ2v) is 5.59. The molecule has 1 aliphatic rings. The number of nitrogens with zero attached hydrogens (tertiary/aromatic N) is 2. The van der Waals surface area contributed by atoms with Crippen molar-refractivity contribution in [2.24, 2.45) is 0 Å². The molecule has 24 heavy (non-hydrogen) atoms. The Morgan fingerprint density at radius 3 is 2.50 bits per heavy atom. The van der Waals surface area contributed by atoms with Gasteiger partial charge in [0.15, 0.2) is 0 Å². The number of hydrogen-bond acceptors (Lipinski definition) is 5. The van der Waals surface area contributed by atoms with Gasteiger partial charge in [-0.3, -0.25) is 14.9 Å². The SMILES string of the molecule is COC(=O)C1=C(C)N(C(C)C)C(=O)/C1=C\c1ccccc1[N+](=O)[O-]. The third kappa shape index (κ3) is 2.92. The Balaban J connectivity index is 2.66. The highest BCUT2D eigenvalue weighted by molar-refractivity contribution is 6.16. The Labute approximate surface area is 139 Å². The average Bonchev–Trinajstić information content (AvgIpc) is 2.77. The summed E-state index contributed by atoms with van der Waals surface area (Å²) in [4.78, 5) is 37.0. The van der Waals surface area contributed by atoms with Gasteiger partial charge >= 0.3 is 5.97 Å². The predicted octanol–water partition coefficient (Wildman–Crippen LogP) is 2.68. The van der Waals surface area contributed by atoms with Crippen molar-refractivity contribution in [1.82, 2.24) is 4.90 Å². The van der Waals surface area contributed by atoms with Crippen LogP contribution in [-0.4, -0.2) is 34.9 Å². The molecular formula is C17H18N2O5. The number of hydrogen-bond donors (Lipinski definition) is 0. The normalized spacial score (nSPS) is 16.3. The summed E-state index contributed by atoms with van der Waals surface area (Å²) in [5.41, 5.74) is 0.830. The highest BCUT2D eigenvalue weighted by Gasteiger charge is 2.38. The van der Waals surface area contributed by atoms with Crippen molar-refractivity contribution in [2.45, 2.75) is 26.8 Å². The number of allylic oxidation sites excluding steroid dienone is 1. The fourth-order valence-corrected chi connectivity index (χ4v) is 2.75. The van der Waals surface area contributed by atoms with Crippen LogP contribution in [0.3, 0.4) is 0 Å². The van der Waals surface area contributed by atoms with E-state index in [0.717, 1.165) is 0 Å². The number of methoxy groups -OCH3 is 1. The van der Waals surface area contributed by atoms with E-state index >= 15 is 0 Å². The largest absolute Gasteiger partial charge is 0.465 e. The van der Waals surface area contributed by atoms with Gasteiger partial charge in [0.05, 0.1) is 28.7 Å². The van der Waals surface area contributed by atoms with Gasteiger partial charge in [0.2, 0.25) is 0 Å². The lowest BCUT2D eigenvalue weighted by atomic mass is 10.0. The summed E-state index contributed by atoms with van der Waals surface area (Å²) in [5, 5.41) is 11.2. The highest BCUT2D eigenvalue weighted by Crippen LogP contribution is 2.34. The van der Waals surface area contributed by atoms with Gasteiger partial charge in [0.1, 0.15) is 0 Å². The summed E-state index contributed by atoms with van der Waals surface area (Å²) in [6.45, 7) is 5.30. The topological polar surface area (TPSA) is 89.8 Å². The summed E-state index contributed by atoms with van der Waals surface area (Å²) >= 11 is 0. The number of carbonyl (C=O) groups excluding carboxylic acids is 2. The summed E-state index contributed by atoms with van der Waals surface area (Å²) in [7, 11) is 1.23. The van der Waals surface area contributed by atoms with Crippen LogP contribution >= 0.6 is 0 Å². The molecule has 0 N–H and O–H groups in total.